The topological polar surface area (TPSA) is 60.9 Å². The number of anilines is 1. The van der Waals surface area contributed by atoms with Gasteiger partial charge >= 0.3 is 5.97 Å². The van der Waals surface area contributed by atoms with Crippen LogP contribution in [0.1, 0.15) is 41.6 Å². The van der Waals surface area contributed by atoms with Gasteiger partial charge in [0.05, 0.1) is 32.0 Å². The molecule has 0 amide bonds. The third-order valence-electron chi connectivity index (χ3n) is 4.88. The monoisotopic (exact) mass is 376 g/mol. The summed E-state index contributed by atoms with van der Waals surface area (Å²) in [6.45, 7) is 10.0. The van der Waals surface area contributed by atoms with Gasteiger partial charge in [0.1, 0.15) is 15.5 Å². The van der Waals surface area contributed by atoms with Crippen LogP contribution in [0.3, 0.4) is 0 Å². The molecule has 0 saturated carbocycles. The van der Waals surface area contributed by atoms with Crippen LogP contribution < -0.4 is 4.90 Å². The minimum Gasteiger partial charge on any atom is -0.462 e. The molecule has 0 aromatic carbocycles. The number of carbonyl (C=O) groups excluding carboxylic acids is 1. The quantitative estimate of drug-likeness (QED) is 0.767. The molecule has 1 fully saturated rings. The maximum Gasteiger partial charge on any atom is 0.348 e. The molecule has 0 bridgehead atoms. The van der Waals surface area contributed by atoms with Gasteiger partial charge in [-0.15, -0.1) is 11.3 Å². The summed E-state index contributed by atoms with van der Waals surface area (Å²) in [6.07, 6.45) is 0.803. The van der Waals surface area contributed by atoms with Crippen molar-refractivity contribution in [1.29, 1.82) is 0 Å². The van der Waals surface area contributed by atoms with E-state index >= 15 is 0 Å². The van der Waals surface area contributed by atoms with Gasteiger partial charge in [-0.1, -0.05) is 0 Å². The van der Waals surface area contributed by atoms with E-state index in [2.05, 4.69) is 18.7 Å². The van der Waals surface area contributed by atoms with Crippen LogP contribution in [0, 0.1) is 0 Å². The summed E-state index contributed by atoms with van der Waals surface area (Å²) < 4.78 is 16.7. The molecule has 6 nitrogen and oxygen atoms in total. The first kappa shape index (κ1) is 17.7. The lowest BCUT2D eigenvalue weighted by molar-refractivity contribution is -0.0396. The molecule has 7 heteroatoms. The Balaban J connectivity index is 1.85. The fraction of sp³-hybridized carbons (Fsp3) is 0.579. The van der Waals surface area contributed by atoms with E-state index in [0.29, 0.717) is 31.3 Å². The van der Waals surface area contributed by atoms with Gasteiger partial charge in [-0.25, -0.2) is 9.78 Å². The van der Waals surface area contributed by atoms with E-state index in [-0.39, 0.29) is 11.6 Å². The predicted molar refractivity (Wildman–Crippen MR) is 101 cm³/mol. The van der Waals surface area contributed by atoms with Crippen LogP contribution in [0.4, 0.5) is 5.82 Å². The molecule has 4 rings (SSSR count). The second-order valence-corrected chi connectivity index (χ2v) is 8.30. The van der Waals surface area contributed by atoms with Crippen LogP contribution in [0.25, 0.3) is 10.2 Å². The minimum atomic E-state index is -0.275. The van der Waals surface area contributed by atoms with E-state index in [0.717, 1.165) is 41.1 Å². The van der Waals surface area contributed by atoms with Crippen LogP contribution in [-0.4, -0.2) is 49.5 Å². The summed E-state index contributed by atoms with van der Waals surface area (Å²) in [6, 6.07) is 1.94. The molecule has 0 spiro atoms. The Morgan fingerprint density at radius 2 is 2.12 bits per heavy atom. The largest absolute Gasteiger partial charge is 0.462 e. The average Bonchev–Trinajstić information content (AvgIpc) is 3.06. The van der Waals surface area contributed by atoms with Crippen molar-refractivity contribution in [2.75, 3.05) is 37.8 Å². The molecule has 140 valence electrons. The molecule has 1 saturated heterocycles. The summed E-state index contributed by atoms with van der Waals surface area (Å²) in [5.74, 6) is 0.701. The van der Waals surface area contributed by atoms with Crippen LogP contribution in [0.2, 0.25) is 0 Å². The van der Waals surface area contributed by atoms with E-state index in [1.54, 1.807) is 0 Å². The summed E-state index contributed by atoms with van der Waals surface area (Å²) in [5, 5.41) is 1.06. The summed E-state index contributed by atoms with van der Waals surface area (Å²) in [7, 11) is 0. The standard InChI is InChI=1S/C19H24N2O4S/c1-4-24-18(22)15-9-12-13-10-19(2,3)25-11-14(13)16(20-17(12)26-15)21-5-7-23-8-6-21/h9H,4-8,10-11H2,1-3H3. The van der Waals surface area contributed by atoms with Crippen molar-refractivity contribution < 1.29 is 19.0 Å². The predicted octanol–water partition coefficient (Wildman–Crippen LogP) is 3.16. The number of ether oxygens (including phenoxy) is 3. The number of thiophene rings is 1. The van der Waals surface area contributed by atoms with E-state index < -0.39 is 0 Å². The van der Waals surface area contributed by atoms with Gasteiger partial charge in [0.2, 0.25) is 0 Å². The molecule has 4 heterocycles. The number of carbonyl (C=O) groups is 1. The molecule has 2 aliphatic heterocycles. The Labute approximate surface area is 157 Å². The van der Waals surface area contributed by atoms with E-state index in [1.807, 2.05) is 13.0 Å². The lowest BCUT2D eigenvalue weighted by Gasteiger charge is -2.36. The molecular formula is C19H24N2O4S. The number of rotatable bonds is 3. The van der Waals surface area contributed by atoms with Gasteiger partial charge in [-0.05, 0) is 32.4 Å². The van der Waals surface area contributed by atoms with E-state index in [4.69, 9.17) is 19.2 Å². The van der Waals surface area contributed by atoms with Crippen molar-refractivity contribution in [3.8, 4) is 0 Å². The highest BCUT2D eigenvalue weighted by Crippen LogP contribution is 2.40. The van der Waals surface area contributed by atoms with Gasteiger partial charge in [0.25, 0.3) is 0 Å². The van der Waals surface area contributed by atoms with Crippen molar-refractivity contribution in [1.82, 2.24) is 4.98 Å². The van der Waals surface area contributed by atoms with E-state index in [9.17, 15) is 4.79 Å². The molecule has 2 aromatic rings. The highest BCUT2D eigenvalue weighted by molar-refractivity contribution is 7.20. The smallest absolute Gasteiger partial charge is 0.348 e. The van der Waals surface area contributed by atoms with Gasteiger partial charge in [0, 0.05) is 30.5 Å². The first-order chi connectivity index (χ1) is 12.5. The Kier molecular flexibility index (Phi) is 4.62. The number of esters is 1. The van der Waals surface area contributed by atoms with Crippen molar-refractivity contribution in [3.05, 3.63) is 22.1 Å². The number of morpholine rings is 1. The molecule has 2 aliphatic rings. The van der Waals surface area contributed by atoms with Crippen LogP contribution in [0.5, 0.6) is 0 Å². The third-order valence-corrected chi connectivity index (χ3v) is 5.89. The zero-order valence-corrected chi connectivity index (χ0v) is 16.3. The van der Waals surface area contributed by atoms with Crippen molar-refractivity contribution in [2.24, 2.45) is 0 Å². The van der Waals surface area contributed by atoms with Gasteiger partial charge in [0.15, 0.2) is 0 Å². The van der Waals surface area contributed by atoms with Crippen LogP contribution in [0.15, 0.2) is 6.07 Å². The first-order valence-electron chi connectivity index (χ1n) is 9.07. The van der Waals surface area contributed by atoms with Gasteiger partial charge < -0.3 is 19.1 Å². The zero-order valence-electron chi connectivity index (χ0n) is 15.5. The fourth-order valence-electron chi connectivity index (χ4n) is 3.58. The second kappa shape index (κ2) is 6.79. The minimum absolute atomic E-state index is 0.227. The van der Waals surface area contributed by atoms with Crippen molar-refractivity contribution in [2.45, 2.75) is 39.4 Å². The molecule has 0 unspecified atom stereocenters. The maximum atomic E-state index is 12.2. The first-order valence-corrected chi connectivity index (χ1v) is 9.89. The molecular weight excluding hydrogens is 352 g/mol. The summed E-state index contributed by atoms with van der Waals surface area (Å²) in [4.78, 5) is 20.9. The lowest BCUT2D eigenvalue weighted by atomic mass is 9.90. The highest BCUT2D eigenvalue weighted by Gasteiger charge is 2.32. The highest BCUT2D eigenvalue weighted by atomic mass is 32.1. The molecule has 0 aliphatic carbocycles. The van der Waals surface area contributed by atoms with Crippen LogP contribution in [-0.2, 0) is 27.2 Å². The van der Waals surface area contributed by atoms with Gasteiger partial charge in [-0.3, -0.25) is 0 Å². The maximum absolute atomic E-state index is 12.2. The van der Waals surface area contributed by atoms with Crippen LogP contribution >= 0.6 is 11.3 Å². The SMILES string of the molecule is CCOC(=O)c1cc2c3c(c(N4CCOCC4)nc2s1)COC(C)(C)C3. The number of fused-ring (bicyclic) bond motifs is 3. The lowest BCUT2D eigenvalue weighted by Crippen LogP contribution is -2.39. The average molecular weight is 376 g/mol. The van der Waals surface area contributed by atoms with Gasteiger partial charge in [-0.2, -0.15) is 0 Å². The van der Waals surface area contributed by atoms with Crippen molar-refractivity contribution >= 4 is 33.3 Å². The second-order valence-electron chi connectivity index (χ2n) is 7.27. The Bertz CT molecular complexity index is 840. The zero-order chi connectivity index (χ0) is 18.3. The third kappa shape index (κ3) is 3.19. The summed E-state index contributed by atoms with van der Waals surface area (Å²) in [5.41, 5.74) is 2.17. The Morgan fingerprint density at radius 3 is 2.85 bits per heavy atom. The number of aromatic nitrogens is 1. The number of pyridine rings is 1. The van der Waals surface area contributed by atoms with Crippen molar-refractivity contribution in [3.63, 3.8) is 0 Å². The Morgan fingerprint density at radius 1 is 1.35 bits per heavy atom. The molecule has 0 atom stereocenters. The van der Waals surface area contributed by atoms with E-state index in [1.165, 1.54) is 16.9 Å². The number of hydrogen-bond acceptors (Lipinski definition) is 7. The summed E-state index contributed by atoms with van der Waals surface area (Å²) >= 11 is 1.41. The normalized spacial score (nSPS) is 19.4. The number of nitrogens with zero attached hydrogens (tertiary/aromatic N) is 2. The molecule has 26 heavy (non-hydrogen) atoms. The Hall–Kier alpha value is -1.70. The fourth-order valence-corrected chi connectivity index (χ4v) is 4.53. The molecule has 0 N–H and O–H groups in total. The number of hydrogen-bond donors (Lipinski definition) is 0. The molecule has 2 aromatic heterocycles. The molecule has 0 radical (unpaired) electrons.